The number of nitrogens with zero attached hydrogens (tertiary/aromatic N) is 2. The Labute approximate surface area is 222 Å². The van der Waals surface area contributed by atoms with E-state index >= 15 is 0 Å². The maximum Gasteiger partial charge on any atom is 0.295 e. The molecule has 2 heterocycles. The lowest BCUT2D eigenvalue weighted by Crippen LogP contribution is -2.29. The largest absolute Gasteiger partial charge is 0.507 e. The van der Waals surface area contributed by atoms with E-state index < -0.39 is 17.7 Å². The number of methoxy groups -OCH3 is 4. The monoisotopic (exact) mass is 568 g/mol. The van der Waals surface area contributed by atoms with Crippen LogP contribution in [0.15, 0.2) is 64.9 Å². The van der Waals surface area contributed by atoms with Crippen molar-refractivity contribution in [3.8, 4) is 23.0 Å². The van der Waals surface area contributed by atoms with E-state index in [-0.39, 0.29) is 17.9 Å². The van der Waals surface area contributed by atoms with Crippen molar-refractivity contribution >= 4 is 33.4 Å². The molecule has 10 heteroatoms. The topological polar surface area (TPSA) is 107 Å². The van der Waals surface area contributed by atoms with Gasteiger partial charge in [-0.15, -0.1) is 0 Å². The van der Waals surface area contributed by atoms with E-state index in [2.05, 4.69) is 20.9 Å². The van der Waals surface area contributed by atoms with Crippen molar-refractivity contribution in [1.29, 1.82) is 0 Å². The van der Waals surface area contributed by atoms with Gasteiger partial charge in [-0.2, -0.15) is 0 Å². The van der Waals surface area contributed by atoms with Gasteiger partial charge in [0.1, 0.15) is 11.5 Å². The van der Waals surface area contributed by atoms with E-state index in [0.29, 0.717) is 44.2 Å². The number of ether oxygens (including phenoxy) is 4. The van der Waals surface area contributed by atoms with Gasteiger partial charge in [0.05, 0.1) is 44.5 Å². The summed E-state index contributed by atoms with van der Waals surface area (Å²) in [5.74, 6) is -0.295. The predicted molar refractivity (Wildman–Crippen MR) is 139 cm³/mol. The molecule has 1 aromatic heterocycles. The number of Topliss-reactive ketones (excluding diaryl/α,β-unsaturated/α-hetero) is 1. The summed E-state index contributed by atoms with van der Waals surface area (Å²) in [6.07, 6.45) is 3.24. The van der Waals surface area contributed by atoms with Crippen LogP contribution in [0.5, 0.6) is 23.0 Å². The fourth-order valence-corrected chi connectivity index (χ4v) is 4.85. The zero-order valence-corrected chi connectivity index (χ0v) is 22.2. The van der Waals surface area contributed by atoms with Gasteiger partial charge in [0.15, 0.2) is 11.5 Å². The Kier molecular flexibility index (Phi) is 7.68. The number of aliphatic hydroxyl groups is 1. The molecule has 0 saturated carbocycles. The summed E-state index contributed by atoms with van der Waals surface area (Å²) >= 11 is 3.41. The SMILES string of the molecule is COc1ccc(/C(O)=C2\C(=O)C(=O)N(Cc3cccnc3)C2c2cc(OC)c(OC)c(OC)c2)cc1Br. The van der Waals surface area contributed by atoms with E-state index in [9.17, 15) is 14.7 Å². The van der Waals surface area contributed by atoms with Crippen LogP contribution in [0.2, 0.25) is 0 Å². The maximum absolute atomic E-state index is 13.4. The van der Waals surface area contributed by atoms with E-state index in [4.69, 9.17) is 18.9 Å². The molecule has 1 fully saturated rings. The molecule has 1 aliphatic rings. The second kappa shape index (κ2) is 10.9. The van der Waals surface area contributed by atoms with Crippen molar-refractivity contribution in [3.05, 3.63) is 81.6 Å². The van der Waals surface area contributed by atoms with Gasteiger partial charge in [0, 0.05) is 24.5 Å². The van der Waals surface area contributed by atoms with Crippen LogP contribution in [0.25, 0.3) is 5.76 Å². The molecule has 1 aliphatic heterocycles. The molecular formula is C27H25BrN2O7. The van der Waals surface area contributed by atoms with E-state index in [1.54, 1.807) is 54.9 Å². The van der Waals surface area contributed by atoms with Crippen LogP contribution in [0.3, 0.4) is 0 Å². The molecule has 1 amide bonds. The highest BCUT2D eigenvalue weighted by Gasteiger charge is 2.46. The number of aromatic nitrogens is 1. The van der Waals surface area contributed by atoms with Crippen molar-refractivity contribution in [2.75, 3.05) is 28.4 Å². The van der Waals surface area contributed by atoms with E-state index in [1.165, 1.54) is 33.3 Å². The summed E-state index contributed by atoms with van der Waals surface area (Å²) in [7, 11) is 5.95. The molecule has 37 heavy (non-hydrogen) atoms. The van der Waals surface area contributed by atoms with Gasteiger partial charge in [0.25, 0.3) is 11.7 Å². The van der Waals surface area contributed by atoms with Crippen molar-refractivity contribution < 1.29 is 33.6 Å². The second-order valence-electron chi connectivity index (χ2n) is 8.10. The maximum atomic E-state index is 13.4. The number of benzene rings is 2. The highest BCUT2D eigenvalue weighted by molar-refractivity contribution is 9.10. The highest BCUT2D eigenvalue weighted by atomic mass is 79.9. The Morgan fingerprint density at radius 2 is 1.65 bits per heavy atom. The minimum atomic E-state index is -0.949. The molecule has 0 aliphatic carbocycles. The van der Waals surface area contributed by atoms with Gasteiger partial charge in [-0.05, 0) is 63.5 Å². The fourth-order valence-electron chi connectivity index (χ4n) is 4.31. The van der Waals surface area contributed by atoms with E-state index in [1.807, 2.05) is 0 Å². The lowest BCUT2D eigenvalue weighted by molar-refractivity contribution is -0.140. The first-order valence-corrected chi connectivity index (χ1v) is 11.9. The molecule has 1 N–H and O–H groups in total. The average molecular weight is 569 g/mol. The van der Waals surface area contributed by atoms with Crippen LogP contribution in [0, 0.1) is 0 Å². The van der Waals surface area contributed by atoms with Gasteiger partial charge in [0.2, 0.25) is 5.75 Å². The summed E-state index contributed by atoms with van der Waals surface area (Å²) in [6.45, 7) is 0.0861. The molecule has 1 unspecified atom stereocenters. The summed E-state index contributed by atoms with van der Waals surface area (Å²) in [4.78, 5) is 32.2. The van der Waals surface area contributed by atoms with Gasteiger partial charge >= 0.3 is 0 Å². The summed E-state index contributed by atoms with van der Waals surface area (Å²) in [5, 5.41) is 11.4. The Hall–Kier alpha value is -4.05. The summed E-state index contributed by atoms with van der Waals surface area (Å²) < 4.78 is 22.3. The molecule has 3 aromatic rings. The molecule has 192 valence electrons. The summed E-state index contributed by atoms with van der Waals surface area (Å²) in [5.41, 5.74) is 1.48. The quantitative estimate of drug-likeness (QED) is 0.240. The third kappa shape index (κ3) is 4.84. The Morgan fingerprint density at radius 1 is 0.973 bits per heavy atom. The smallest absolute Gasteiger partial charge is 0.295 e. The first-order valence-electron chi connectivity index (χ1n) is 11.2. The highest BCUT2D eigenvalue weighted by Crippen LogP contribution is 2.46. The number of aliphatic hydroxyl groups excluding tert-OH is 1. The minimum absolute atomic E-state index is 0.0692. The lowest BCUT2D eigenvalue weighted by Gasteiger charge is -2.26. The zero-order chi connectivity index (χ0) is 26.7. The third-order valence-corrected chi connectivity index (χ3v) is 6.66. The first-order chi connectivity index (χ1) is 17.8. The second-order valence-corrected chi connectivity index (χ2v) is 8.95. The number of halogens is 1. The number of carbonyl (C=O) groups is 2. The van der Waals surface area contributed by atoms with Crippen LogP contribution in [-0.2, 0) is 16.1 Å². The normalized spacial score (nSPS) is 16.6. The molecule has 1 saturated heterocycles. The van der Waals surface area contributed by atoms with Crippen LogP contribution < -0.4 is 18.9 Å². The Balaban J connectivity index is 1.95. The van der Waals surface area contributed by atoms with Crippen LogP contribution >= 0.6 is 15.9 Å². The van der Waals surface area contributed by atoms with Crippen LogP contribution in [-0.4, -0.2) is 55.1 Å². The molecule has 9 nitrogen and oxygen atoms in total. The molecule has 4 rings (SSSR count). The van der Waals surface area contributed by atoms with Crippen molar-refractivity contribution in [2.45, 2.75) is 12.6 Å². The first kappa shape index (κ1) is 26.0. The predicted octanol–water partition coefficient (Wildman–Crippen LogP) is 4.50. The molecule has 1 atom stereocenters. The summed E-state index contributed by atoms with van der Waals surface area (Å²) in [6, 6.07) is 10.8. The number of hydrogen-bond donors (Lipinski definition) is 1. The molecule has 2 aromatic carbocycles. The Bertz CT molecular complexity index is 1350. The molecular weight excluding hydrogens is 544 g/mol. The minimum Gasteiger partial charge on any atom is -0.507 e. The van der Waals surface area contributed by atoms with Crippen molar-refractivity contribution in [1.82, 2.24) is 9.88 Å². The van der Waals surface area contributed by atoms with Gasteiger partial charge in [-0.3, -0.25) is 14.6 Å². The molecule has 0 spiro atoms. The van der Waals surface area contributed by atoms with Crippen LogP contribution in [0.4, 0.5) is 0 Å². The van der Waals surface area contributed by atoms with Gasteiger partial charge in [-0.1, -0.05) is 6.07 Å². The number of amides is 1. The van der Waals surface area contributed by atoms with Crippen molar-refractivity contribution in [2.24, 2.45) is 0 Å². The third-order valence-electron chi connectivity index (χ3n) is 6.04. The van der Waals surface area contributed by atoms with Crippen molar-refractivity contribution in [3.63, 3.8) is 0 Å². The lowest BCUT2D eigenvalue weighted by atomic mass is 9.94. The number of rotatable bonds is 8. The standard InChI is InChI=1S/C27H25BrN2O7/c1-34-19-8-7-16(10-18(19)28)24(31)22-23(17-11-20(35-2)26(37-4)21(12-17)36-3)30(27(33)25(22)32)14-15-6-5-9-29-13-15/h5-13,23,31H,14H2,1-4H3/b24-22+. The number of hydrogen-bond acceptors (Lipinski definition) is 8. The zero-order valence-electron chi connectivity index (χ0n) is 20.6. The van der Waals surface area contributed by atoms with E-state index in [0.717, 1.165) is 0 Å². The number of pyridine rings is 1. The number of likely N-dealkylation sites (tertiary alicyclic amines) is 1. The number of ketones is 1. The Morgan fingerprint density at radius 3 is 2.19 bits per heavy atom. The van der Waals surface area contributed by atoms with Gasteiger partial charge in [-0.25, -0.2) is 0 Å². The molecule has 0 radical (unpaired) electrons. The average Bonchev–Trinajstić information content (AvgIpc) is 3.17. The number of carbonyl (C=O) groups excluding carboxylic acids is 2. The fraction of sp³-hybridized carbons (Fsp3) is 0.222. The molecule has 0 bridgehead atoms. The van der Waals surface area contributed by atoms with Crippen LogP contribution in [0.1, 0.15) is 22.7 Å². The van der Waals surface area contributed by atoms with Gasteiger partial charge < -0.3 is 29.0 Å².